The van der Waals surface area contributed by atoms with Crippen LogP contribution < -0.4 is 22.8 Å². The lowest BCUT2D eigenvalue weighted by Crippen LogP contribution is -2.31. The number of pyridine rings is 5. The Morgan fingerprint density at radius 2 is 0.624 bits per heavy atom. The van der Waals surface area contributed by atoms with E-state index in [1.165, 1.54) is 45.6 Å². The van der Waals surface area contributed by atoms with Gasteiger partial charge in [0.05, 0.1) is 27.8 Å². The Labute approximate surface area is 707 Å². The lowest BCUT2D eigenvalue weighted by atomic mass is 9.95. The molecular weight excluding hydrogens is 1440 g/mol. The maximum atomic E-state index is 8.46. The second kappa shape index (κ2) is 31.6. The third kappa shape index (κ3) is 14.5. The number of fused-ring (bicyclic) bond motifs is 15. The van der Waals surface area contributed by atoms with E-state index < -0.39 is 40.2 Å². The van der Waals surface area contributed by atoms with Gasteiger partial charge in [-0.05, 0) is 186 Å². The van der Waals surface area contributed by atoms with Crippen LogP contribution in [0.5, 0.6) is 0 Å². The molecule has 0 fully saturated rings. The molecule has 0 aliphatic carbocycles. The number of aryl methyl sites for hydroxylation is 16. The van der Waals surface area contributed by atoms with Gasteiger partial charge in [-0.25, -0.2) is 22.8 Å². The van der Waals surface area contributed by atoms with E-state index in [2.05, 4.69) is 137 Å². The van der Waals surface area contributed by atoms with Gasteiger partial charge in [-0.2, -0.15) is 0 Å². The SMILES string of the molecule is Cc1cc(C)c2c(oc3ccccc32)c1-c1cc(C(C)C)cc[n+]1C.[2H]C([2H])([2H])C([2H])(C)c1cc[n+](C)c(-c2c(C)ccc3c2oc2ccccc23)c1.[2H]C([2H])([2H])c1c[n+](C)c(-c2c(C)ccc3c2oc2ccccc23)cc1C.[2H]C([2H])([2H])c1ccc(-c2c(C)cc(C([2H])([2H])[2H])c3c2oc2ccccc23)[n+](C)c1.[2H]C([2H])([2H])c1ccc(-c2c(C)ccc3c2oc2ccccc23)[n+](C)c1. The Morgan fingerprint density at radius 3 is 1.04 bits per heavy atom. The van der Waals surface area contributed by atoms with Crippen LogP contribution in [0, 0.1) is 75.9 Å². The summed E-state index contributed by atoms with van der Waals surface area (Å²) >= 11 is 0. The van der Waals surface area contributed by atoms with Crippen LogP contribution in [0.4, 0.5) is 0 Å². The van der Waals surface area contributed by atoms with E-state index in [1.807, 2.05) is 172 Å². The van der Waals surface area contributed by atoms with Crippen molar-refractivity contribution in [2.24, 2.45) is 35.2 Å². The zero-order valence-electron chi connectivity index (χ0n) is 84.6. The van der Waals surface area contributed by atoms with Crippen molar-refractivity contribution < 1.29 is 66.9 Å². The minimum absolute atomic E-state index is 0.237. The number of hydrogen-bond donors (Lipinski definition) is 0. The van der Waals surface area contributed by atoms with Crippen molar-refractivity contribution >= 4 is 110 Å². The second-order valence-electron chi connectivity index (χ2n) is 31.1. The van der Waals surface area contributed by atoms with E-state index in [0.717, 1.165) is 155 Å². The molecule has 117 heavy (non-hydrogen) atoms. The molecule has 10 heterocycles. The zero-order valence-corrected chi connectivity index (χ0v) is 68.6. The predicted molar refractivity (Wildman–Crippen MR) is 482 cm³/mol. The quantitative estimate of drug-likeness (QED) is 0.148. The molecule has 0 radical (unpaired) electrons. The fraction of sp³-hybridized carbons (Fsp3) is 0.206. The van der Waals surface area contributed by atoms with Gasteiger partial charge in [0, 0.05) is 135 Å². The summed E-state index contributed by atoms with van der Waals surface area (Å²) in [5.74, 6) is -1.21. The highest BCUT2D eigenvalue weighted by Crippen LogP contribution is 2.44. The third-order valence-electron chi connectivity index (χ3n) is 22.6. The number of hydrogen-bond acceptors (Lipinski definition) is 5. The molecule has 10 nitrogen and oxygen atoms in total. The molecular formula is C107H104N5O5+5. The van der Waals surface area contributed by atoms with Crippen molar-refractivity contribution in [1.29, 1.82) is 0 Å². The maximum Gasteiger partial charge on any atom is 0.216 e. The molecule has 20 aromatic rings. The van der Waals surface area contributed by atoms with Crippen LogP contribution in [-0.2, 0) is 35.2 Å². The molecule has 20 rings (SSSR count). The van der Waals surface area contributed by atoms with Gasteiger partial charge in [0.15, 0.2) is 31.0 Å². The summed E-state index contributed by atoms with van der Waals surface area (Å²) < 4.78 is 165. The molecule has 10 aromatic heterocycles. The van der Waals surface area contributed by atoms with E-state index >= 15 is 0 Å². The normalized spacial score (nSPS) is 14.6. The average Bonchev–Trinajstić information content (AvgIpc) is 1.60. The molecule has 10 heteroatoms. The van der Waals surface area contributed by atoms with Crippen molar-refractivity contribution in [3.05, 3.63) is 328 Å². The molecule has 0 saturated carbocycles. The van der Waals surface area contributed by atoms with Crippen molar-refractivity contribution in [1.82, 2.24) is 0 Å². The molecule has 0 bridgehead atoms. The Hall–Kier alpha value is -13.1. The van der Waals surface area contributed by atoms with Crippen molar-refractivity contribution in [2.45, 2.75) is 115 Å². The molecule has 0 aliphatic rings. The molecule has 0 aliphatic heterocycles. The van der Waals surface area contributed by atoms with Crippen LogP contribution in [0.2, 0.25) is 0 Å². The van der Waals surface area contributed by atoms with Gasteiger partial charge in [-0.1, -0.05) is 167 Å². The lowest BCUT2D eigenvalue weighted by Gasteiger charge is -2.10. The molecule has 0 spiro atoms. The van der Waals surface area contributed by atoms with E-state index in [9.17, 15) is 0 Å². The van der Waals surface area contributed by atoms with Gasteiger partial charge in [0.25, 0.3) is 0 Å². The van der Waals surface area contributed by atoms with Crippen molar-refractivity contribution in [3.63, 3.8) is 0 Å². The molecule has 582 valence electrons. The van der Waals surface area contributed by atoms with Gasteiger partial charge in [0.2, 0.25) is 28.5 Å². The Kier molecular flexibility index (Phi) is 16.4. The highest BCUT2D eigenvalue weighted by atomic mass is 16.3. The summed E-state index contributed by atoms with van der Waals surface area (Å²) in [4.78, 5) is 0. The van der Waals surface area contributed by atoms with Crippen molar-refractivity contribution in [2.75, 3.05) is 0 Å². The Morgan fingerprint density at radius 1 is 0.274 bits per heavy atom. The molecule has 0 N–H and O–H groups in total. The van der Waals surface area contributed by atoms with Crippen LogP contribution in [0.15, 0.2) is 278 Å². The maximum absolute atomic E-state index is 8.46. The zero-order chi connectivity index (χ0) is 95.5. The monoisotopic (exact) mass is 1550 g/mol. The Balaban J connectivity index is 0.000000121. The number of benzene rings is 10. The number of furan rings is 5. The fourth-order valence-corrected chi connectivity index (χ4v) is 16.5. The van der Waals surface area contributed by atoms with Gasteiger partial charge in [-0.15, -0.1) is 0 Å². The highest BCUT2D eigenvalue weighted by molar-refractivity contribution is 6.15. The first-order valence-electron chi connectivity index (χ1n) is 47.3. The summed E-state index contributed by atoms with van der Waals surface area (Å²) in [5, 5.41) is 10.1. The standard InChI is InChI=1S/C23H24NO.C22H22NO.2C21H20NO.C20H18NO/c1-14(2)17-10-11-24(5)19(13-17)22-16(4)12-15(3)21-18-8-6-7-9-20(18)25-23(21)22;1-14(2)16-11-12-23(4)19(13-16)21-15(3)9-10-18-17-7-5-6-8-20(17)24-22(18)21;1-13-9-10-17-16-7-5-6-8-19(16)23-21(17)20(13)18-11-14(2)15(3)12-22(18)4;1-13-9-10-17(22(4)12-13)20-15(3)11-14(2)19-16-7-5-6-8-18(16)23-21(19)20;1-13-8-11-17(21(3)12-13)19-14(2)9-10-16-15-6-4-5-7-18(15)22-20(16)19/h6-14H,1-5H3;5-14H,1-4H3;2*5-12H,1-4H3;4-12H,1-3H3/q5*+1/i;1D3,14D;3D3;1D3,2D3;1D3. The van der Waals surface area contributed by atoms with Gasteiger partial charge in [-0.3, -0.25) is 0 Å². The van der Waals surface area contributed by atoms with Crippen LogP contribution in [-0.4, -0.2) is 0 Å². The van der Waals surface area contributed by atoms with Gasteiger partial charge >= 0.3 is 0 Å². The fourth-order valence-electron chi connectivity index (χ4n) is 16.5. The second-order valence-corrected chi connectivity index (χ2v) is 31.1. The van der Waals surface area contributed by atoms with Crippen LogP contribution >= 0.6 is 0 Å². The number of nitrogens with zero attached hydrogens (tertiary/aromatic N) is 5. The van der Waals surface area contributed by atoms with Gasteiger partial charge in [0.1, 0.15) is 91.1 Å². The summed E-state index contributed by atoms with van der Waals surface area (Å²) in [7, 11) is 9.54. The summed E-state index contributed by atoms with van der Waals surface area (Å²) in [6.45, 7) is 8.89. The number of rotatable bonds is 7. The first kappa shape index (κ1) is 60.5. The smallest absolute Gasteiger partial charge is 0.216 e. The van der Waals surface area contributed by atoms with E-state index in [1.54, 1.807) is 66.6 Å². The lowest BCUT2D eigenvalue weighted by molar-refractivity contribution is -0.660. The predicted octanol–water partition coefficient (Wildman–Crippen LogP) is 26.0. The van der Waals surface area contributed by atoms with Crippen LogP contribution in [0.1, 0.15) is 134 Å². The molecule has 10 aromatic carbocycles. The van der Waals surface area contributed by atoms with E-state index in [-0.39, 0.29) is 11.1 Å². The molecule has 1 unspecified atom stereocenters. The minimum Gasteiger partial charge on any atom is -0.455 e. The van der Waals surface area contributed by atoms with Gasteiger partial charge < -0.3 is 22.1 Å². The van der Waals surface area contributed by atoms with E-state index in [0.29, 0.717) is 39.2 Å². The molecule has 0 saturated heterocycles. The Bertz CT molecular complexity index is 7990. The topological polar surface area (TPSA) is 85.1 Å². The third-order valence-corrected chi connectivity index (χ3v) is 22.6. The first-order chi connectivity index (χ1) is 62.7. The van der Waals surface area contributed by atoms with E-state index in [4.69, 9.17) is 44.0 Å². The van der Waals surface area contributed by atoms with Crippen LogP contribution in [0.3, 0.4) is 0 Å². The molecule has 0 amide bonds. The average molecular weight is 1560 g/mol. The van der Waals surface area contributed by atoms with Crippen molar-refractivity contribution in [3.8, 4) is 56.3 Å². The van der Waals surface area contributed by atoms with Crippen LogP contribution in [0.25, 0.3) is 166 Å². The number of para-hydroxylation sites is 5. The minimum atomic E-state index is -2.43. The highest BCUT2D eigenvalue weighted by Gasteiger charge is 2.28. The largest absolute Gasteiger partial charge is 0.455 e. The molecule has 1 atom stereocenters. The summed E-state index contributed by atoms with van der Waals surface area (Å²) in [6.07, 6.45) is 8.92. The summed E-state index contributed by atoms with van der Waals surface area (Å²) in [6, 6.07) is 72.8. The first-order valence-corrected chi connectivity index (χ1v) is 39.3. The number of aromatic nitrogens is 5. The summed E-state index contributed by atoms with van der Waals surface area (Å²) in [5.41, 5.74) is 27.7.